The molecule has 1 heterocycles. The quantitative estimate of drug-likeness (QED) is 0.423. The molecule has 0 saturated heterocycles. The Labute approximate surface area is 169 Å². The van der Waals surface area contributed by atoms with Gasteiger partial charge in [-0.05, 0) is 29.9 Å². The number of hydrogen-bond donors (Lipinski definition) is 1. The Balaban J connectivity index is 2.23. The predicted octanol–water partition coefficient (Wildman–Crippen LogP) is 7.01. The molecule has 2 unspecified atom stereocenters. The van der Waals surface area contributed by atoms with Crippen LogP contribution in [0.3, 0.4) is 0 Å². The molecule has 2 heteroatoms. The molecule has 0 amide bonds. The number of nitrogens with one attached hydrogen (secondary N) is 1. The van der Waals surface area contributed by atoms with Crippen molar-refractivity contribution in [1.29, 1.82) is 0 Å². The number of Topliss-reactive ketones (excluding diaryl/α,β-unsaturated/α-hetero) is 1. The smallest absolute Gasteiger partial charge is 0.168 e. The van der Waals surface area contributed by atoms with Crippen LogP contribution in [0, 0.1) is 5.92 Å². The van der Waals surface area contributed by atoms with Crippen molar-refractivity contribution >= 4 is 5.78 Å². The van der Waals surface area contributed by atoms with Gasteiger partial charge in [-0.25, -0.2) is 0 Å². The van der Waals surface area contributed by atoms with E-state index in [4.69, 9.17) is 0 Å². The standard InChI is InChI=1S/C26H31NO/c1-5-18(3)25-23(21-15-11-8-12-16-21)24(26(28)19(4)6-2)22(27-25)17-20-13-9-7-10-14-20/h7-16,18-19,27H,5-6,17H2,1-4H3. The van der Waals surface area contributed by atoms with E-state index in [1.807, 2.05) is 19.1 Å². The lowest BCUT2D eigenvalue weighted by Crippen LogP contribution is -2.13. The summed E-state index contributed by atoms with van der Waals surface area (Å²) in [6, 6.07) is 20.8. The largest absolute Gasteiger partial charge is 0.361 e. The second-order valence-corrected chi connectivity index (χ2v) is 7.78. The molecule has 0 bridgehead atoms. The molecular formula is C26H31NO. The average Bonchev–Trinajstić information content (AvgIpc) is 3.12. The summed E-state index contributed by atoms with van der Waals surface area (Å²) < 4.78 is 0. The summed E-state index contributed by atoms with van der Waals surface area (Å²) in [6.07, 6.45) is 2.62. The highest BCUT2D eigenvalue weighted by molar-refractivity contribution is 6.05. The van der Waals surface area contributed by atoms with Crippen LogP contribution < -0.4 is 0 Å². The Morgan fingerprint density at radius 1 is 0.893 bits per heavy atom. The number of benzene rings is 2. The van der Waals surface area contributed by atoms with Crippen molar-refractivity contribution in [2.75, 3.05) is 0 Å². The van der Waals surface area contributed by atoms with Gasteiger partial charge >= 0.3 is 0 Å². The average molecular weight is 374 g/mol. The molecule has 0 spiro atoms. The lowest BCUT2D eigenvalue weighted by Gasteiger charge is -2.14. The summed E-state index contributed by atoms with van der Waals surface area (Å²) in [5, 5.41) is 0. The molecular weight excluding hydrogens is 342 g/mol. The first-order valence-electron chi connectivity index (χ1n) is 10.4. The number of H-pyrrole nitrogens is 1. The van der Waals surface area contributed by atoms with Crippen LogP contribution in [0.4, 0.5) is 0 Å². The number of rotatable bonds is 8. The van der Waals surface area contributed by atoms with Gasteiger partial charge < -0.3 is 4.98 Å². The Morgan fingerprint density at radius 2 is 1.50 bits per heavy atom. The van der Waals surface area contributed by atoms with Crippen LogP contribution in [0.25, 0.3) is 11.1 Å². The molecule has 0 aliphatic carbocycles. The monoisotopic (exact) mass is 373 g/mol. The van der Waals surface area contributed by atoms with E-state index in [0.29, 0.717) is 5.92 Å². The summed E-state index contributed by atoms with van der Waals surface area (Å²) in [5.41, 5.74) is 6.57. The van der Waals surface area contributed by atoms with Gasteiger partial charge in [-0.15, -0.1) is 0 Å². The van der Waals surface area contributed by atoms with Crippen LogP contribution in [0.5, 0.6) is 0 Å². The zero-order valence-electron chi connectivity index (χ0n) is 17.5. The van der Waals surface area contributed by atoms with Gasteiger partial charge in [0.1, 0.15) is 0 Å². The van der Waals surface area contributed by atoms with Crippen LogP contribution in [0.2, 0.25) is 0 Å². The number of hydrogen-bond acceptors (Lipinski definition) is 1. The zero-order valence-corrected chi connectivity index (χ0v) is 17.5. The molecule has 2 aromatic carbocycles. The zero-order chi connectivity index (χ0) is 20.1. The van der Waals surface area contributed by atoms with Crippen LogP contribution in [-0.2, 0) is 6.42 Å². The lowest BCUT2D eigenvalue weighted by atomic mass is 9.87. The summed E-state index contributed by atoms with van der Waals surface area (Å²) in [6.45, 7) is 8.57. The maximum absolute atomic E-state index is 13.5. The highest BCUT2D eigenvalue weighted by Gasteiger charge is 2.28. The number of carbonyl (C=O) groups is 1. The molecule has 28 heavy (non-hydrogen) atoms. The lowest BCUT2D eigenvalue weighted by molar-refractivity contribution is 0.0927. The van der Waals surface area contributed by atoms with E-state index < -0.39 is 0 Å². The third-order valence-corrected chi connectivity index (χ3v) is 5.80. The van der Waals surface area contributed by atoms with Gasteiger partial charge in [-0.2, -0.15) is 0 Å². The highest BCUT2D eigenvalue weighted by atomic mass is 16.1. The molecule has 0 radical (unpaired) electrons. The topological polar surface area (TPSA) is 32.9 Å². The van der Waals surface area contributed by atoms with Crippen LogP contribution >= 0.6 is 0 Å². The molecule has 1 N–H and O–H groups in total. The molecule has 0 aliphatic heterocycles. The van der Waals surface area contributed by atoms with Crippen molar-refractivity contribution < 1.29 is 4.79 Å². The van der Waals surface area contributed by atoms with Crippen LogP contribution in [0.15, 0.2) is 60.7 Å². The SMILES string of the molecule is CCC(C)C(=O)c1c(Cc2ccccc2)[nH]c(C(C)CC)c1-c1ccccc1. The maximum atomic E-state index is 13.5. The van der Waals surface area contributed by atoms with E-state index in [-0.39, 0.29) is 11.7 Å². The molecule has 2 nitrogen and oxygen atoms in total. The number of aromatic amines is 1. The molecule has 1 aromatic heterocycles. The van der Waals surface area contributed by atoms with E-state index in [0.717, 1.165) is 41.6 Å². The maximum Gasteiger partial charge on any atom is 0.168 e. The fourth-order valence-electron chi connectivity index (χ4n) is 3.69. The van der Waals surface area contributed by atoms with Crippen molar-refractivity contribution in [2.24, 2.45) is 5.92 Å². The summed E-state index contributed by atoms with van der Waals surface area (Å²) in [5.74, 6) is 0.624. The van der Waals surface area contributed by atoms with Gasteiger partial charge in [0.25, 0.3) is 0 Å². The second kappa shape index (κ2) is 9.05. The Bertz CT molecular complexity index is 908. The third-order valence-electron chi connectivity index (χ3n) is 5.80. The Morgan fingerprint density at radius 3 is 2.07 bits per heavy atom. The summed E-state index contributed by atoms with van der Waals surface area (Å²) in [7, 11) is 0. The normalized spacial score (nSPS) is 13.3. The minimum absolute atomic E-state index is 0.0116. The molecule has 0 saturated carbocycles. The highest BCUT2D eigenvalue weighted by Crippen LogP contribution is 2.38. The summed E-state index contributed by atoms with van der Waals surface area (Å²) >= 11 is 0. The van der Waals surface area contributed by atoms with E-state index in [1.54, 1.807) is 0 Å². The van der Waals surface area contributed by atoms with Crippen molar-refractivity contribution in [3.8, 4) is 11.1 Å². The van der Waals surface area contributed by atoms with Crippen LogP contribution in [-0.4, -0.2) is 10.8 Å². The predicted molar refractivity (Wildman–Crippen MR) is 118 cm³/mol. The van der Waals surface area contributed by atoms with Gasteiger partial charge in [0.05, 0.1) is 0 Å². The number of ketones is 1. The van der Waals surface area contributed by atoms with Crippen molar-refractivity contribution in [3.05, 3.63) is 83.2 Å². The molecule has 3 rings (SSSR count). The fraction of sp³-hybridized carbons (Fsp3) is 0.346. The van der Waals surface area contributed by atoms with Crippen molar-refractivity contribution in [2.45, 2.75) is 52.9 Å². The van der Waals surface area contributed by atoms with E-state index >= 15 is 0 Å². The Kier molecular flexibility index (Phi) is 6.51. The van der Waals surface area contributed by atoms with Gasteiger partial charge in [0.15, 0.2) is 5.78 Å². The van der Waals surface area contributed by atoms with Gasteiger partial charge in [-0.3, -0.25) is 4.79 Å². The third kappa shape index (κ3) is 4.11. The second-order valence-electron chi connectivity index (χ2n) is 7.78. The Hall–Kier alpha value is -2.61. The number of carbonyl (C=O) groups excluding carboxylic acids is 1. The van der Waals surface area contributed by atoms with Gasteiger partial charge in [-0.1, -0.05) is 88.4 Å². The number of aromatic nitrogens is 1. The van der Waals surface area contributed by atoms with Gasteiger partial charge in [0, 0.05) is 34.9 Å². The van der Waals surface area contributed by atoms with E-state index in [1.165, 1.54) is 11.3 Å². The molecule has 146 valence electrons. The van der Waals surface area contributed by atoms with E-state index in [9.17, 15) is 4.79 Å². The molecule has 2 atom stereocenters. The van der Waals surface area contributed by atoms with Crippen molar-refractivity contribution in [3.63, 3.8) is 0 Å². The molecule has 3 aromatic rings. The first kappa shape index (κ1) is 20.1. The first-order chi connectivity index (χ1) is 13.6. The van der Waals surface area contributed by atoms with E-state index in [2.05, 4.69) is 74.3 Å². The minimum atomic E-state index is 0.0116. The summed E-state index contributed by atoms with van der Waals surface area (Å²) in [4.78, 5) is 17.2. The van der Waals surface area contributed by atoms with Gasteiger partial charge in [0.2, 0.25) is 0 Å². The van der Waals surface area contributed by atoms with Crippen LogP contribution in [0.1, 0.15) is 73.8 Å². The minimum Gasteiger partial charge on any atom is -0.361 e. The van der Waals surface area contributed by atoms with Crippen molar-refractivity contribution in [1.82, 2.24) is 4.98 Å². The fourth-order valence-corrected chi connectivity index (χ4v) is 3.69. The first-order valence-corrected chi connectivity index (χ1v) is 10.4. The molecule has 0 aliphatic rings. The molecule has 0 fully saturated rings.